The molecule has 0 radical (unpaired) electrons. The van der Waals surface area contributed by atoms with Crippen LogP contribution in [0.2, 0.25) is 0 Å². The summed E-state index contributed by atoms with van der Waals surface area (Å²) in [5.41, 5.74) is 10.8. The second kappa shape index (κ2) is 6.05. The molecule has 0 saturated heterocycles. The molecule has 5 N–H and O–H groups in total. The van der Waals surface area contributed by atoms with Crippen LogP contribution in [-0.2, 0) is 11.3 Å². The molecule has 0 saturated carbocycles. The minimum atomic E-state index is -0.168. The van der Waals surface area contributed by atoms with Crippen molar-refractivity contribution in [3.8, 4) is 0 Å². The number of hydrogen-bond donors (Lipinski definition) is 3. The van der Waals surface area contributed by atoms with E-state index < -0.39 is 0 Å². The highest BCUT2D eigenvalue weighted by atomic mass is 32.2. The van der Waals surface area contributed by atoms with Crippen LogP contribution in [0, 0.1) is 0 Å². The van der Waals surface area contributed by atoms with Crippen molar-refractivity contribution in [2.45, 2.75) is 11.7 Å². The van der Waals surface area contributed by atoms with Gasteiger partial charge in [-0.25, -0.2) is 0 Å². The number of anilines is 2. The van der Waals surface area contributed by atoms with Gasteiger partial charge < -0.3 is 21.2 Å². The lowest BCUT2D eigenvalue weighted by atomic mass is 10.4. The molecule has 8 nitrogen and oxygen atoms in total. The van der Waals surface area contributed by atoms with Crippen molar-refractivity contribution >= 4 is 29.6 Å². The number of amides is 1. The molecule has 2 aromatic rings. The van der Waals surface area contributed by atoms with Crippen molar-refractivity contribution in [1.29, 1.82) is 0 Å². The number of furan rings is 1. The van der Waals surface area contributed by atoms with E-state index in [1.807, 2.05) is 0 Å². The Morgan fingerprint density at radius 3 is 2.68 bits per heavy atom. The van der Waals surface area contributed by atoms with E-state index in [0.29, 0.717) is 17.5 Å². The van der Waals surface area contributed by atoms with Crippen LogP contribution >= 0.6 is 11.8 Å². The van der Waals surface area contributed by atoms with Gasteiger partial charge in [0.15, 0.2) is 5.16 Å². The molecule has 0 unspecified atom stereocenters. The van der Waals surface area contributed by atoms with Crippen molar-refractivity contribution in [2.75, 3.05) is 17.2 Å². The summed E-state index contributed by atoms with van der Waals surface area (Å²) in [6.07, 6.45) is 1.55. The molecular weight excluding hydrogens is 268 g/mol. The van der Waals surface area contributed by atoms with Crippen LogP contribution in [0.3, 0.4) is 0 Å². The zero-order chi connectivity index (χ0) is 13.7. The lowest BCUT2D eigenvalue weighted by Gasteiger charge is -2.03. The predicted octanol–water partition coefficient (Wildman–Crippen LogP) is 0.0375. The average molecular weight is 280 g/mol. The van der Waals surface area contributed by atoms with Crippen molar-refractivity contribution in [3.63, 3.8) is 0 Å². The third kappa shape index (κ3) is 4.14. The molecule has 0 spiro atoms. The number of nitrogens with two attached hydrogens (primary N) is 2. The molecule has 2 aromatic heterocycles. The maximum Gasteiger partial charge on any atom is 0.230 e. The molecule has 0 aromatic carbocycles. The molecule has 1 amide bonds. The first kappa shape index (κ1) is 13.1. The number of aromatic nitrogens is 3. The molecule has 2 heterocycles. The number of carbonyl (C=O) groups is 1. The van der Waals surface area contributed by atoms with Crippen LogP contribution in [0.5, 0.6) is 0 Å². The Hall–Kier alpha value is -2.29. The van der Waals surface area contributed by atoms with Crippen LogP contribution < -0.4 is 16.8 Å². The van der Waals surface area contributed by atoms with E-state index in [2.05, 4.69) is 20.3 Å². The van der Waals surface area contributed by atoms with E-state index >= 15 is 0 Å². The van der Waals surface area contributed by atoms with E-state index in [0.717, 1.165) is 11.8 Å². The Kier molecular flexibility index (Phi) is 4.18. The third-order valence-corrected chi connectivity index (χ3v) is 2.87. The van der Waals surface area contributed by atoms with Gasteiger partial charge in [-0.3, -0.25) is 4.79 Å². The maximum atomic E-state index is 11.6. The zero-order valence-corrected chi connectivity index (χ0v) is 10.7. The van der Waals surface area contributed by atoms with Gasteiger partial charge in [-0.05, 0) is 12.1 Å². The SMILES string of the molecule is Nc1nc(N)nc(SCC(=O)NCc2ccco2)n1. The highest BCUT2D eigenvalue weighted by Gasteiger charge is 2.07. The second-order valence-electron chi connectivity index (χ2n) is 3.48. The van der Waals surface area contributed by atoms with Gasteiger partial charge in [0, 0.05) is 0 Å². The average Bonchev–Trinajstić information content (AvgIpc) is 2.86. The van der Waals surface area contributed by atoms with E-state index in [1.54, 1.807) is 18.4 Å². The standard InChI is InChI=1S/C10H12N6O2S/c11-8-14-9(12)16-10(15-8)19-5-7(17)13-4-6-2-1-3-18-6/h1-3H,4-5H2,(H,13,17)(H4,11,12,14,15,16). The number of nitrogens with zero attached hydrogens (tertiary/aromatic N) is 3. The van der Waals surface area contributed by atoms with Crippen LogP contribution in [0.25, 0.3) is 0 Å². The number of nitrogen functional groups attached to an aromatic ring is 2. The van der Waals surface area contributed by atoms with Gasteiger partial charge >= 0.3 is 0 Å². The largest absolute Gasteiger partial charge is 0.467 e. The van der Waals surface area contributed by atoms with Crippen LogP contribution in [0.1, 0.15) is 5.76 Å². The third-order valence-electron chi connectivity index (χ3n) is 2.02. The quantitative estimate of drug-likeness (QED) is 0.654. The first-order valence-corrected chi connectivity index (χ1v) is 6.31. The van der Waals surface area contributed by atoms with Gasteiger partial charge in [-0.2, -0.15) is 15.0 Å². The summed E-state index contributed by atoms with van der Waals surface area (Å²) in [6.45, 7) is 0.341. The minimum absolute atomic E-state index is 0.0333. The Morgan fingerprint density at radius 2 is 2.05 bits per heavy atom. The summed E-state index contributed by atoms with van der Waals surface area (Å²) in [6, 6.07) is 3.54. The summed E-state index contributed by atoms with van der Waals surface area (Å²) < 4.78 is 5.09. The molecule has 0 atom stereocenters. The van der Waals surface area contributed by atoms with Gasteiger partial charge in [0.1, 0.15) is 5.76 Å². The van der Waals surface area contributed by atoms with Gasteiger partial charge in [0.25, 0.3) is 0 Å². The molecule has 19 heavy (non-hydrogen) atoms. The van der Waals surface area contributed by atoms with Gasteiger partial charge in [0.2, 0.25) is 17.8 Å². The fourth-order valence-corrected chi connectivity index (χ4v) is 1.91. The minimum Gasteiger partial charge on any atom is -0.467 e. The Labute approximate surface area is 113 Å². The van der Waals surface area contributed by atoms with Crippen LogP contribution in [0.4, 0.5) is 11.9 Å². The number of rotatable bonds is 5. The summed E-state index contributed by atoms with van der Waals surface area (Å²) in [7, 11) is 0. The summed E-state index contributed by atoms with van der Waals surface area (Å²) in [4.78, 5) is 22.9. The normalized spacial score (nSPS) is 10.3. The Balaban J connectivity index is 1.79. The molecule has 2 rings (SSSR count). The van der Waals surface area contributed by atoms with E-state index in [-0.39, 0.29) is 23.6 Å². The monoisotopic (exact) mass is 280 g/mol. The van der Waals surface area contributed by atoms with E-state index in [9.17, 15) is 4.79 Å². The molecule has 0 aliphatic heterocycles. The molecule has 9 heteroatoms. The molecule has 0 fully saturated rings. The first-order valence-electron chi connectivity index (χ1n) is 5.32. The topological polar surface area (TPSA) is 133 Å². The molecule has 0 bridgehead atoms. The highest BCUT2D eigenvalue weighted by Crippen LogP contribution is 2.13. The van der Waals surface area contributed by atoms with Gasteiger partial charge in [-0.1, -0.05) is 11.8 Å². The summed E-state index contributed by atoms with van der Waals surface area (Å²) in [5.74, 6) is 0.742. The highest BCUT2D eigenvalue weighted by molar-refractivity contribution is 7.99. The zero-order valence-electron chi connectivity index (χ0n) is 9.87. The molecule has 0 aliphatic carbocycles. The van der Waals surface area contributed by atoms with Crippen molar-refractivity contribution in [1.82, 2.24) is 20.3 Å². The van der Waals surface area contributed by atoms with Crippen molar-refractivity contribution in [2.24, 2.45) is 0 Å². The Morgan fingerprint density at radius 1 is 1.32 bits per heavy atom. The lowest BCUT2D eigenvalue weighted by Crippen LogP contribution is -2.24. The predicted molar refractivity (Wildman–Crippen MR) is 69.9 cm³/mol. The maximum absolute atomic E-state index is 11.6. The number of carbonyl (C=O) groups excluding carboxylic acids is 1. The smallest absolute Gasteiger partial charge is 0.230 e. The summed E-state index contributed by atoms with van der Waals surface area (Å²) in [5, 5.41) is 3.02. The van der Waals surface area contributed by atoms with Crippen molar-refractivity contribution < 1.29 is 9.21 Å². The summed E-state index contributed by atoms with van der Waals surface area (Å²) >= 11 is 1.13. The van der Waals surface area contributed by atoms with E-state index in [1.165, 1.54) is 0 Å². The number of thioether (sulfide) groups is 1. The number of nitrogens with one attached hydrogen (secondary N) is 1. The Bertz CT molecular complexity index is 539. The fraction of sp³-hybridized carbons (Fsp3) is 0.200. The second-order valence-corrected chi connectivity index (χ2v) is 4.42. The first-order chi connectivity index (χ1) is 9.13. The fourth-order valence-electron chi connectivity index (χ4n) is 1.23. The molecular formula is C10H12N6O2S. The lowest BCUT2D eigenvalue weighted by molar-refractivity contribution is -0.118. The van der Waals surface area contributed by atoms with Gasteiger partial charge in [-0.15, -0.1) is 0 Å². The molecule has 100 valence electrons. The van der Waals surface area contributed by atoms with Crippen LogP contribution in [0.15, 0.2) is 28.0 Å². The van der Waals surface area contributed by atoms with Gasteiger partial charge in [0.05, 0.1) is 18.6 Å². The number of hydrogen-bond acceptors (Lipinski definition) is 8. The molecule has 0 aliphatic rings. The van der Waals surface area contributed by atoms with Crippen molar-refractivity contribution in [3.05, 3.63) is 24.2 Å². The van der Waals surface area contributed by atoms with Crippen LogP contribution in [-0.4, -0.2) is 26.6 Å². The van der Waals surface area contributed by atoms with E-state index in [4.69, 9.17) is 15.9 Å².